The lowest BCUT2D eigenvalue weighted by Crippen LogP contribution is -2.62. The van der Waals surface area contributed by atoms with Crippen molar-refractivity contribution in [1.82, 2.24) is 20.9 Å². The number of nitrogens with two attached hydrogens (primary N) is 1. The smallest absolute Gasteiger partial charge is 0.418 e. The molecule has 3 amide bonds. The van der Waals surface area contributed by atoms with Crippen LogP contribution < -0.4 is 21.7 Å². The van der Waals surface area contributed by atoms with Gasteiger partial charge in [0.15, 0.2) is 5.72 Å². The van der Waals surface area contributed by atoms with E-state index in [0.29, 0.717) is 24.1 Å². The monoisotopic (exact) mass is 691 g/mol. The highest BCUT2D eigenvalue weighted by atomic mass is 32.1. The maximum Gasteiger partial charge on any atom is 0.418 e. The summed E-state index contributed by atoms with van der Waals surface area (Å²) >= 11 is 5.16. The molecule has 1 aromatic heterocycles. The molecule has 0 radical (unpaired) electrons. The normalized spacial score (nSPS) is 18.6. The number of alkyl halides is 3. The predicted octanol–water partition coefficient (Wildman–Crippen LogP) is 5.83. The largest absolute Gasteiger partial charge is 0.423 e. The number of fused-ring (bicyclic) bond motifs is 3. The van der Waals surface area contributed by atoms with Crippen molar-refractivity contribution in [3.8, 4) is 0 Å². The molecule has 0 spiro atoms. The van der Waals surface area contributed by atoms with Gasteiger partial charge in [0.05, 0.1) is 28.5 Å². The number of benzene rings is 2. The first-order valence-corrected chi connectivity index (χ1v) is 16.3. The molecule has 9 nitrogen and oxygen atoms in total. The Balaban J connectivity index is 1.69. The number of hydrogen-bond donors (Lipinski definition) is 5. The SMILES string of the molecule is CCC(C)[C@H](NC(=O)Cc1ccccc1F)C(=O)N[C@@]1(OC(=O)NC(C(N)=S)[C@@H](C)CC)CCc2[nH]c3c(C(F)(F)F)cccc3c2C1. The van der Waals surface area contributed by atoms with Crippen molar-refractivity contribution in [2.45, 2.75) is 90.2 Å². The molecule has 0 bridgehead atoms. The standard InChI is InChI=1S/C34H41F4N5O4S/c1-5-18(3)27(30(39)48)42-32(46)47-33(15-14-25-22(17-33)21-11-9-12-23(29(21)40-25)34(36,37)38)43-31(45)28(19(4)6-2)41-26(44)16-20-10-7-8-13-24(20)35/h7-13,18-19,27-28,40H,5-6,14-17H2,1-4H3,(H2,39,48)(H,41,44)(H,42,46)(H,43,45)/t18-,19?,27?,28-,33+/m0/s1. The molecule has 1 aliphatic carbocycles. The van der Waals surface area contributed by atoms with E-state index in [-0.39, 0.29) is 53.1 Å². The van der Waals surface area contributed by atoms with Crippen molar-refractivity contribution in [2.24, 2.45) is 17.6 Å². The Kier molecular flexibility index (Phi) is 11.4. The number of carbonyl (C=O) groups excluding carboxylic acids is 3. The number of para-hydroxylation sites is 1. The van der Waals surface area contributed by atoms with Gasteiger partial charge in [-0.05, 0) is 41.5 Å². The second-order valence-corrected chi connectivity index (χ2v) is 12.9. The lowest BCUT2D eigenvalue weighted by molar-refractivity contribution is -0.137. The van der Waals surface area contributed by atoms with E-state index in [4.69, 9.17) is 22.7 Å². The van der Waals surface area contributed by atoms with E-state index in [2.05, 4.69) is 20.9 Å². The van der Waals surface area contributed by atoms with Gasteiger partial charge in [-0.1, -0.05) is 83.1 Å². The number of aryl methyl sites for hydroxylation is 1. The fraction of sp³-hybridized carbons (Fsp3) is 0.471. The molecular weight excluding hydrogens is 650 g/mol. The number of aromatic amines is 1. The Morgan fingerprint density at radius 3 is 2.31 bits per heavy atom. The van der Waals surface area contributed by atoms with Crippen LogP contribution in [0.5, 0.6) is 0 Å². The third-order valence-corrected chi connectivity index (χ3v) is 9.38. The highest BCUT2D eigenvalue weighted by molar-refractivity contribution is 7.80. The average Bonchev–Trinajstić information content (AvgIpc) is 3.39. The second kappa shape index (κ2) is 14.9. The number of thiocarbonyl (C=S) groups is 1. The topological polar surface area (TPSA) is 138 Å². The first-order valence-electron chi connectivity index (χ1n) is 15.9. The number of hydrogen-bond acceptors (Lipinski definition) is 5. The molecule has 260 valence electrons. The van der Waals surface area contributed by atoms with Gasteiger partial charge in [-0.25, -0.2) is 9.18 Å². The minimum absolute atomic E-state index is 0.00476. The molecule has 14 heteroatoms. The van der Waals surface area contributed by atoms with Gasteiger partial charge in [0.2, 0.25) is 11.8 Å². The summed E-state index contributed by atoms with van der Waals surface area (Å²) in [5.41, 5.74) is 4.35. The highest BCUT2D eigenvalue weighted by Crippen LogP contribution is 2.40. The van der Waals surface area contributed by atoms with E-state index in [0.717, 1.165) is 6.07 Å². The Hall–Kier alpha value is -4.20. The van der Waals surface area contributed by atoms with Gasteiger partial charge in [-0.2, -0.15) is 13.2 Å². The van der Waals surface area contributed by atoms with Crippen molar-refractivity contribution in [3.05, 3.63) is 70.7 Å². The van der Waals surface area contributed by atoms with Crippen molar-refractivity contribution in [2.75, 3.05) is 0 Å². The molecular formula is C34H41F4N5O4S. The molecule has 6 N–H and O–H groups in total. The van der Waals surface area contributed by atoms with E-state index in [1.807, 2.05) is 20.8 Å². The molecule has 3 aromatic rings. The summed E-state index contributed by atoms with van der Waals surface area (Å²) in [6.07, 6.45) is -4.79. The molecule has 1 aliphatic rings. The second-order valence-electron chi connectivity index (χ2n) is 12.5. The summed E-state index contributed by atoms with van der Waals surface area (Å²) in [7, 11) is 0. The Bertz CT molecular complexity index is 1680. The van der Waals surface area contributed by atoms with Gasteiger partial charge in [-0.15, -0.1) is 0 Å². The molecule has 0 fully saturated rings. The Morgan fingerprint density at radius 1 is 1.02 bits per heavy atom. The fourth-order valence-electron chi connectivity index (χ4n) is 6.01. The van der Waals surface area contributed by atoms with Crippen LogP contribution in [0.15, 0.2) is 42.5 Å². The highest BCUT2D eigenvalue weighted by Gasteiger charge is 2.44. The minimum Gasteiger partial charge on any atom is -0.423 e. The van der Waals surface area contributed by atoms with Gasteiger partial charge in [0.1, 0.15) is 11.9 Å². The number of alkyl carbamates (subject to hydrolysis) is 1. The lowest BCUT2D eigenvalue weighted by atomic mass is 9.87. The van der Waals surface area contributed by atoms with E-state index < -0.39 is 59.2 Å². The zero-order valence-corrected chi connectivity index (χ0v) is 28.0. The number of rotatable bonds is 12. The molecule has 4 rings (SSSR count). The van der Waals surface area contributed by atoms with Crippen LogP contribution in [0.25, 0.3) is 10.9 Å². The van der Waals surface area contributed by atoms with E-state index >= 15 is 0 Å². The van der Waals surface area contributed by atoms with Crippen molar-refractivity contribution >= 4 is 46.0 Å². The van der Waals surface area contributed by atoms with E-state index in [1.165, 1.54) is 30.3 Å². The molecule has 48 heavy (non-hydrogen) atoms. The number of nitrogens with one attached hydrogen (secondary N) is 4. The summed E-state index contributed by atoms with van der Waals surface area (Å²) in [6.45, 7) is 7.33. The van der Waals surface area contributed by atoms with E-state index in [9.17, 15) is 31.9 Å². The molecule has 2 unspecified atom stereocenters. The van der Waals surface area contributed by atoms with Gasteiger partial charge in [0, 0.05) is 23.9 Å². The fourth-order valence-corrected chi connectivity index (χ4v) is 6.30. The molecule has 1 heterocycles. The Morgan fingerprint density at radius 2 is 1.69 bits per heavy atom. The van der Waals surface area contributed by atoms with Gasteiger partial charge in [-0.3, -0.25) is 9.59 Å². The molecule has 2 aromatic carbocycles. The maximum absolute atomic E-state index is 14.3. The van der Waals surface area contributed by atoms with Crippen LogP contribution in [0.4, 0.5) is 22.4 Å². The number of amides is 3. The third kappa shape index (κ3) is 8.26. The van der Waals surface area contributed by atoms with Crippen LogP contribution in [-0.4, -0.2) is 45.7 Å². The quantitative estimate of drug-likeness (QED) is 0.0922. The zero-order chi connectivity index (χ0) is 35.4. The van der Waals surface area contributed by atoms with Crippen molar-refractivity contribution < 1.29 is 36.7 Å². The number of H-pyrrole nitrogens is 1. The van der Waals surface area contributed by atoms with Gasteiger partial charge < -0.3 is 31.4 Å². The molecule has 0 aliphatic heterocycles. The summed E-state index contributed by atoms with van der Waals surface area (Å²) in [5.74, 6) is -2.37. The predicted molar refractivity (Wildman–Crippen MR) is 177 cm³/mol. The summed E-state index contributed by atoms with van der Waals surface area (Å²) in [6, 6.07) is 7.78. The number of ether oxygens (including phenoxy) is 1. The average molecular weight is 692 g/mol. The van der Waals surface area contributed by atoms with Crippen LogP contribution in [-0.2, 0) is 39.8 Å². The van der Waals surface area contributed by atoms with Gasteiger partial charge >= 0.3 is 12.3 Å². The van der Waals surface area contributed by atoms with Crippen molar-refractivity contribution in [1.29, 1.82) is 0 Å². The number of carbonyl (C=O) groups is 3. The van der Waals surface area contributed by atoms with Crippen molar-refractivity contribution in [3.63, 3.8) is 0 Å². The van der Waals surface area contributed by atoms with Gasteiger partial charge in [0.25, 0.3) is 0 Å². The van der Waals surface area contributed by atoms with Crippen LogP contribution in [0, 0.1) is 17.7 Å². The maximum atomic E-state index is 14.3. The third-order valence-electron chi connectivity index (χ3n) is 9.13. The summed E-state index contributed by atoms with van der Waals surface area (Å²) in [5, 5.41) is 8.50. The summed E-state index contributed by atoms with van der Waals surface area (Å²) < 4.78 is 61.9. The van der Waals surface area contributed by atoms with E-state index in [1.54, 1.807) is 13.0 Å². The Labute approximate surface area is 281 Å². The lowest BCUT2D eigenvalue weighted by Gasteiger charge is -2.39. The van der Waals surface area contributed by atoms with Crippen LogP contribution in [0.3, 0.4) is 0 Å². The first-order chi connectivity index (χ1) is 22.6. The van der Waals surface area contributed by atoms with Crippen LogP contribution >= 0.6 is 12.2 Å². The summed E-state index contributed by atoms with van der Waals surface area (Å²) in [4.78, 5) is 43.5. The number of aromatic nitrogens is 1. The number of halogens is 4. The molecule has 5 atom stereocenters. The minimum atomic E-state index is -4.62. The first kappa shape index (κ1) is 36.6. The molecule has 0 saturated heterocycles. The molecule has 0 saturated carbocycles. The van der Waals surface area contributed by atoms with Crippen LogP contribution in [0.1, 0.15) is 69.3 Å². The van der Waals surface area contributed by atoms with Crippen LogP contribution in [0.2, 0.25) is 0 Å². The zero-order valence-electron chi connectivity index (χ0n) is 27.2.